The summed E-state index contributed by atoms with van der Waals surface area (Å²) in [6.45, 7) is 4.07. The maximum Gasteiger partial charge on any atom is 0.323 e. The fourth-order valence-electron chi connectivity index (χ4n) is 1.50. The van der Waals surface area contributed by atoms with Crippen molar-refractivity contribution in [2.75, 3.05) is 5.75 Å². The molecule has 0 radical (unpaired) electrons. The van der Waals surface area contributed by atoms with Crippen molar-refractivity contribution in [2.45, 2.75) is 25.5 Å². The van der Waals surface area contributed by atoms with Gasteiger partial charge in [-0.2, -0.15) is 0 Å². The molecule has 4 heteroatoms. The largest absolute Gasteiger partial charge is 0.480 e. The first-order chi connectivity index (χ1) is 8.02. The van der Waals surface area contributed by atoms with E-state index in [1.165, 1.54) is 0 Å². The zero-order chi connectivity index (χ0) is 12.8. The number of hydrogen-bond acceptors (Lipinski definition) is 2. The van der Waals surface area contributed by atoms with E-state index in [1.807, 2.05) is 19.9 Å². The van der Waals surface area contributed by atoms with Gasteiger partial charge in [-0.05, 0) is 17.9 Å². The lowest BCUT2D eigenvalue weighted by molar-refractivity contribution is -0.136. The third kappa shape index (κ3) is 4.30. The normalized spacial score (nSPS) is 14.5. The number of benzene rings is 1. The summed E-state index contributed by atoms with van der Waals surface area (Å²) in [5, 5.41) is 8.26. The molecule has 0 amide bonds. The van der Waals surface area contributed by atoms with Gasteiger partial charge in [0.1, 0.15) is 0 Å². The molecule has 1 rings (SSSR count). The van der Waals surface area contributed by atoms with Crippen molar-refractivity contribution in [1.82, 2.24) is 0 Å². The van der Waals surface area contributed by atoms with Gasteiger partial charge in [-0.25, -0.2) is 0 Å². The molecule has 3 nitrogen and oxygen atoms in total. The smallest absolute Gasteiger partial charge is 0.323 e. The van der Waals surface area contributed by atoms with Crippen LogP contribution in [0.2, 0.25) is 0 Å². The lowest BCUT2D eigenvalue weighted by atomic mass is 10.1. The maximum atomic E-state index is 12.0. The highest BCUT2D eigenvalue weighted by molar-refractivity contribution is 7.86. The molecule has 0 saturated carbocycles. The van der Waals surface area contributed by atoms with Gasteiger partial charge in [-0.15, -0.1) is 0 Å². The molecule has 94 valence electrons. The molecule has 1 aromatic carbocycles. The molecular weight excluding hydrogens is 236 g/mol. The predicted molar refractivity (Wildman–Crippen MR) is 69.3 cm³/mol. The zero-order valence-corrected chi connectivity index (χ0v) is 10.9. The van der Waals surface area contributed by atoms with E-state index in [1.54, 1.807) is 24.3 Å². The van der Waals surface area contributed by atoms with E-state index < -0.39 is 22.0 Å². The topological polar surface area (TPSA) is 54.4 Å². The first-order valence-electron chi connectivity index (χ1n) is 5.67. The van der Waals surface area contributed by atoms with Crippen molar-refractivity contribution in [3.63, 3.8) is 0 Å². The van der Waals surface area contributed by atoms with Gasteiger partial charge in [0.25, 0.3) is 0 Å². The highest BCUT2D eigenvalue weighted by Crippen LogP contribution is 2.21. The van der Waals surface area contributed by atoms with Gasteiger partial charge in [0.05, 0.1) is 0 Å². The van der Waals surface area contributed by atoms with Crippen LogP contribution in [0, 0.1) is 5.92 Å². The monoisotopic (exact) mass is 254 g/mol. The third-order valence-electron chi connectivity index (χ3n) is 2.49. The van der Waals surface area contributed by atoms with Crippen molar-refractivity contribution in [1.29, 1.82) is 0 Å². The second-order valence-corrected chi connectivity index (χ2v) is 6.04. The van der Waals surface area contributed by atoms with Gasteiger partial charge in [0.15, 0.2) is 5.25 Å². The first kappa shape index (κ1) is 13.9. The minimum Gasteiger partial charge on any atom is -0.480 e. The van der Waals surface area contributed by atoms with Crippen LogP contribution in [-0.4, -0.2) is 21.0 Å². The quantitative estimate of drug-likeness (QED) is 0.849. The van der Waals surface area contributed by atoms with Crippen molar-refractivity contribution in [3.8, 4) is 0 Å². The molecule has 0 fully saturated rings. The molecule has 0 aliphatic heterocycles. The standard InChI is InChI=1S/C13H18O3S/c1-10(2)8-9-17(16)12(13(14)15)11-6-4-3-5-7-11/h3-7,10,12H,8-9H2,1-2H3,(H,14,15). The van der Waals surface area contributed by atoms with Gasteiger partial charge >= 0.3 is 5.97 Å². The minimum absolute atomic E-state index is 0.434. The Labute approximate surface area is 104 Å². The highest BCUT2D eigenvalue weighted by atomic mass is 32.2. The lowest BCUT2D eigenvalue weighted by Gasteiger charge is -2.13. The average molecular weight is 254 g/mol. The SMILES string of the molecule is CC(C)CCS(=O)C(C(=O)O)c1ccccc1. The van der Waals surface area contributed by atoms with Crippen LogP contribution in [0.4, 0.5) is 0 Å². The molecule has 1 N–H and O–H groups in total. The fourth-order valence-corrected chi connectivity index (χ4v) is 3.13. The molecule has 0 saturated heterocycles. The van der Waals surface area contributed by atoms with Crippen LogP contribution < -0.4 is 0 Å². The second kappa shape index (κ2) is 6.55. The van der Waals surface area contributed by atoms with Crippen LogP contribution in [0.1, 0.15) is 31.1 Å². The van der Waals surface area contributed by atoms with E-state index in [0.29, 0.717) is 17.2 Å². The van der Waals surface area contributed by atoms with E-state index in [4.69, 9.17) is 5.11 Å². The number of rotatable bonds is 6. The Hall–Kier alpha value is -1.16. The van der Waals surface area contributed by atoms with Crippen molar-refractivity contribution in [3.05, 3.63) is 35.9 Å². The molecule has 0 aliphatic carbocycles. The van der Waals surface area contributed by atoms with E-state index in [-0.39, 0.29) is 0 Å². The summed E-state index contributed by atoms with van der Waals surface area (Å²) < 4.78 is 12.0. The fraction of sp³-hybridized carbons (Fsp3) is 0.462. The summed E-state index contributed by atoms with van der Waals surface area (Å²) in [7, 11) is -1.36. The maximum absolute atomic E-state index is 12.0. The summed E-state index contributed by atoms with van der Waals surface area (Å²) in [6.07, 6.45) is 0.781. The molecule has 2 unspecified atom stereocenters. The summed E-state index contributed by atoms with van der Waals surface area (Å²) in [4.78, 5) is 11.2. The van der Waals surface area contributed by atoms with Gasteiger partial charge in [0, 0.05) is 16.6 Å². The molecule has 0 heterocycles. The number of carboxylic acids is 1. The number of carboxylic acid groups (broad SMARTS) is 1. The van der Waals surface area contributed by atoms with E-state index >= 15 is 0 Å². The molecule has 0 bridgehead atoms. The summed E-state index contributed by atoms with van der Waals surface area (Å²) in [6, 6.07) is 8.79. The van der Waals surface area contributed by atoms with Gasteiger partial charge < -0.3 is 5.11 Å². The average Bonchev–Trinajstić information content (AvgIpc) is 2.27. The van der Waals surface area contributed by atoms with Gasteiger partial charge in [0.2, 0.25) is 0 Å². The van der Waals surface area contributed by atoms with E-state index in [2.05, 4.69) is 0 Å². The number of carbonyl (C=O) groups is 1. The van der Waals surface area contributed by atoms with Gasteiger partial charge in [-0.3, -0.25) is 9.00 Å². The predicted octanol–water partition coefficient (Wildman–Crippen LogP) is 2.61. The van der Waals surface area contributed by atoms with Gasteiger partial charge in [-0.1, -0.05) is 44.2 Å². The highest BCUT2D eigenvalue weighted by Gasteiger charge is 2.26. The molecule has 0 aromatic heterocycles. The molecule has 0 aliphatic rings. The van der Waals surface area contributed by atoms with Crippen LogP contribution in [0.15, 0.2) is 30.3 Å². The van der Waals surface area contributed by atoms with Crippen LogP contribution in [-0.2, 0) is 15.6 Å². The Kier molecular flexibility index (Phi) is 5.35. The minimum atomic E-state index is -1.36. The van der Waals surface area contributed by atoms with Crippen molar-refractivity contribution in [2.24, 2.45) is 5.92 Å². The summed E-state index contributed by atoms with van der Waals surface area (Å²) in [5.74, 6) is -0.147. The van der Waals surface area contributed by atoms with E-state index in [9.17, 15) is 9.00 Å². The molecule has 17 heavy (non-hydrogen) atoms. The van der Waals surface area contributed by atoms with Crippen LogP contribution in [0.5, 0.6) is 0 Å². The van der Waals surface area contributed by atoms with E-state index in [0.717, 1.165) is 6.42 Å². The summed E-state index contributed by atoms with van der Waals surface area (Å²) in [5.41, 5.74) is 0.613. The van der Waals surface area contributed by atoms with Crippen LogP contribution in [0.25, 0.3) is 0 Å². The molecular formula is C13H18O3S. The molecule has 1 aromatic rings. The van der Waals surface area contributed by atoms with Crippen molar-refractivity contribution < 1.29 is 14.1 Å². The lowest BCUT2D eigenvalue weighted by Crippen LogP contribution is -2.19. The first-order valence-corrected chi connectivity index (χ1v) is 7.05. The Bertz CT molecular complexity index is 387. The van der Waals surface area contributed by atoms with Crippen molar-refractivity contribution >= 4 is 16.8 Å². The van der Waals surface area contributed by atoms with Crippen LogP contribution >= 0.6 is 0 Å². The number of hydrogen-bond donors (Lipinski definition) is 1. The Morgan fingerprint density at radius 2 is 1.88 bits per heavy atom. The third-order valence-corrected chi connectivity index (χ3v) is 4.12. The Balaban J connectivity index is 2.80. The Morgan fingerprint density at radius 1 is 1.29 bits per heavy atom. The zero-order valence-electron chi connectivity index (χ0n) is 10.1. The molecule has 0 spiro atoms. The Morgan fingerprint density at radius 3 is 2.35 bits per heavy atom. The number of aliphatic carboxylic acids is 1. The summed E-state index contributed by atoms with van der Waals surface area (Å²) >= 11 is 0. The molecule has 2 atom stereocenters. The van der Waals surface area contributed by atoms with Crippen LogP contribution in [0.3, 0.4) is 0 Å². The second-order valence-electron chi connectivity index (χ2n) is 4.40.